The lowest BCUT2D eigenvalue weighted by molar-refractivity contribution is -0.137. The van der Waals surface area contributed by atoms with Crippen LogP contribution in [0.5, 0.6) is 5.75 Å². The maximum atomic E-state index is 12.4. The molecule has 2 aliphatic carbocycles. The lowest BCUT2D eigenvalue weighted by atomic mass is 9.67. The minimum absolute atomic E-state index is 0.0114. The Morgan fingerprint density at radius 3 is 2.59 bits per heavy atom. The van der Waals surface area contributed by atoms with Crippen LogP contribution in [0, 0.1) is 17.8 Å². The third kappa shape index (κ3) is 3.01. The van der Waals surface area contributed by atoms with Crippen molar-refractivity contribution < 1.29 is 14.3 Å². The van der Waals surface area contributed by atoms with Gasteiger partial charge < -0.3 is 10.1 Å². The number of ketones is 1. The lowest BCUT2D eigenvalue weighted by Gasteiger charge is -2.36. The van der Waals surface area contributed by atoms with E-state index in [1.54, 1.807) is 7.11 Å². The Kier molecular flexibility index (Phi) is 4.46. The summed E-state index contributed by atoms with van der Waals surface area (Å²) >= 11 is 0. The summed E-state index contributed by atoms with van der Waals surface area (Å²) in [4.78, 5) is 24.5. The summed E-state index contributed by atoms with van der Waals surface area (Å²) in [5.74, 6) is 1.50. The van der Waals surface area contributed by atoms with Gasteiger partial charge in [-0.15, -0.1) is 0 Å². The fourth-order valence-corrected chi connectivity index (χ4v) is 3.87. The lowest BCUT2D eigenvalue weighted by Crippen LogP contribution is -2.42. The van der Waals surface area contributed by atoms with Crippen molar-refractivity contribution in [2.75, 3.05) is 7.11 Å². The molecule has 4 heteroatoms. The number of methoxy groups -OCH3 is 1. The summed E-state index contributed by atoms with van der Waals surface area (Å²) in [6, 6.07) is 7.70. The quantitative estimate of drug-likeness (QED) is 0.930. The highest BCUT2D eigenvalue weighted by atomic mass is 16.5. The summed E-state index contributed by atoms with van der Waals surface area (Å²) in [5.41, 5.74) is 0.977. The maximum Gasteiger partial charge on any atom is 0.223 e. The van der Waals surface area contributed by atoms with E-state index < -0.39 is 0 Å². The van der Waals surface area contributed by atoms with Crippen LogP contribution in [0.4, 0.5) is 0 Å². The molecule has 1 N–H and O–H groups in total. The van der Waals surface area contributed by atoms with Gasteiger partial charge in [-0.3, -0.25) is 9.59 Å². The number of para-hydroxylation sites is 1. The van der Waals surface area contributed by atoms with Crippen molar-refractivity contribution in [3.63, 3.8) is 0 Å². The molecular weight excluding hydrogens is 278 g/mol. The molecule has 2 saturated carbocycles. The summed E-state index contributed by atoms with van der Waals surface area (Å²) < 4.78 is 5.30. The number of hydrogen-bond acceptors (Lipinski definition) is 3. The Labute approximate surface area is 131 Å². The van der Waals surface area contributed by atoms with Crippen molar-refractivity contribution in [1.29, 1.82) is 0 Å². The van der Waals surface area contributed by atoms with E-state index >= 15 is 0 Å². The molecule has 0 saturated heterocycles. The van der Waals surface area contributed by atoms with E-state index in [1.807, 2.05) is 24.3 Å². The number of carbonyl (C=O) groups excluding carboxylic acids is 2. The van der Waals surface area contributed by atoms with Gasteiger partial charge in [0.05, 0.1) is 7.11 Å². The highest BCUT2D eigenvalue weighted by Gasteiger charge is 2.41. The summed E-state index contributed by atoms with van der Waals surface area (Å²) in [5, 5.41) is 3.02. The zero-order valence-electron chi connectivity index (χ0n) is 13.0. The van der Waals surface area contributed by atoms with Gasteiger partial charge in [0.1, 0.15) is 11.5 Å². The normalized spacial score (nSPS) is 27.3. The van der Waals surface area contributed by atoms with Gasteiger partial charge in [-0.1, -0.05) is 24.6 Å². The van der Waals surface area contributed by atoms with Crippen molar-refractivity contribution in [2.24, 2.45) is 17.8 Å². The number of fused-ring (bicyclic) bond motifs is 2. The Balaban J connectivity index is 1.59. The number of nitrogens with one attached hydrogen (secondary N) is 1. The smallest absolute Gasteiger partial charge is 0.223 e. The second-order valence-electron chi connectivity index (χ2n) is 6.43. The van der Waals surface area contributed by atoms with Gasteiger partial charge in [0.15, 0.2) is 0 Å². The maximum absolute atomic E-state index is 12.4. The molecule has 1 aromatic rings. The first-order valence-corrected chi connectivity index (χ1v) is 8.12. The molecule has 3 atom stereocenters. The average molecular weight is 301 g/mol. The van der Waals surface area contributed by atoms with E-state index in [0.29, 0.717) is 12.3 Å². The fraction of sp³-hybridized carbons (Fsp3) is 0.556. The van der Waals surface area contributed by atoms with Crippen LogP contribution in [0.3, 0.4) is 0 Å². The Bertz CT molecular complexity index is 553. The topological polar surface area (TPSA) is 55.4 Å². The monoisotopic (exact) mass is 301 g/mol. The van der Waals surface area contributed by atoms with Crippen LogP contribution in [0.15, 0.2) is 24.3 Å². The number of Topliss-reactive ketones (excluding diaryl/α,β-unsaturated/α-hetero) is 1. The molecule has 1 unspecified atom stereocenters. The van der Waals surface area contributed by atoms with Crippen molar-refractivity contribution in [2.45, 2.75) is 38.6 Å². The van der Waals surface area contributed by atoms with E-state index in [1.165, 1.54) is 0 Å². The molecule has 3 rings (SSSR count). The highest BCUT2D eigenvalue weighted by Crippen LogP contribution is 2.40. The first-order chi connectivity index (χ1) is 10.7. The van der Waals surface area contributed by atoms with Gasteiger partial charge in [0.25, 0.3) is 0 Å². The van der Waals surface area contributed by atoms with Crippen LogP contribution in [0.25, 0.3) is 0 Å². The van der Waals surface area contributed by atoms with E-state index in [2.05, 4.69) is 5.32 Å². The van der Waals surface area contributed by atoms with Crippen molar-refractivity contribution in [3.8, 4) is 5.75 Å². The van der Waals surface area contributed by atoms with E-state index in [4.69, 9.17) is 4.74 Å². The molecule has 22 heavy (non-hydrogen) atoms. The molecule has 2 fully saturated rings. The number of amides is 1. The molecule has 1 amide bonds. The number of ether oxygens (including phenoxy) is 1. The van der Waals surface area contributed by atoms with Crippen LogP contribution in [0.2, 0.25) is 0 Å². The van der Waals surface area contributed by atoms with Crippen LogP contribution in [-0.4, -0.2) is 18.8 Å². The fourth-order valence-electron chi connectivity index (χ4n) is 3.87. The molecule has 0 heterocycles. The number of benzene rings is 1. The standard InChI is InChI=1S/C18H23NO3/c1-22-16-8-3-2-5-14(16)11-19-18(21)15-9-12-6-4-7-13(10-15)17(12)20/h2-3,5,8,12-13,15H,4,6-7,9-11H2,1H3,(H,19,21)/t12-,13+,15?. The van der Waals surface area contributed by atoms with Crippen LogP contribution < -0.4 is 10.1 Å². The molecule has 0 spiro atoms. The van der Waals surface area contributed by atoms with Gasteiger partial charge in [-0.2, -0.15) is 0 Å². The second-order valence-corrected chi connectivity index (χ2v) is 6.43. The van der Waals surface area contributed by atoms with Gasteiger partial charge in [-0.25, -0.2) is 0 Å². The zero-order chi connectivity index (χ0) is 15.5. The molecule has 2 bridgehead atoms. The summed E-state index contributed by atoms with van der Waals surface area (Å²) in [6.07, 6.45) is 4.52. The predicted octanol–water partition coefficient (Wildman–Crippen LogP) is 2.71. The molecule has 2 aliphatic rings. The van der Waals surface area contributed by atoms with Crippen molar-refractivity contribution in [1.82, 2.24) is 5.32 Å². The van der Waals surface area contributed by atoms with Crippen molar-refractivity contribution >= 4 is 11.7 Å². The number of rotatable bonds is 4. The highest BCUT2D eigenvalue weighted by molar-refractivity contribution is 5.88. The third-order valence-electron chi connectivity index (χ3n) is 5.06. The molecular formula is C18H23NO3. The molecule has 4 nitrogen and oxygen atoms in total. The summed E-state index contributed by atoms with van der Waals surface area (Å²) in [7, 11) is 1.63. The number of hydrogen-bond donors (Lipinski definition) is 1. The van der Waals surface area contributed by atoms with Crippen molar-refractivity contribution in [3.05, 3.63) is 29.8 Å². The van der Waals surface area contributed by atoms with Gasteiger partial charge in [-0.05, 0) is 31.7 Å². The van der Waals surface area contributed by atoms with Crippen LogP contribution in [-0.2, 0) is 16.1 Å². The largest absolute Gasteiger partial charge is 0.496 e. The molecule has 1 aromatic carbocycles. The predicted molar refractivity (Wildman–Crippen MR) is 83.4 cm³/mol. The van der Waals surface area contributed by atoms with Gasteiger partial charge in [0.2, 0.25) is 5.91 Å². The zero-order valence-corrected chi connectivity index (χ0v) is 13.0. The van der Waals surface area contributed by atoms with Gasteiger partial charge in [0, 0.05) is 29.9 Å². The first kappa shape index (κ1) is 15.1. The average Bonchev–Trinajstić information content (AvgIpc) is 2.52. The van der Waals surface area contributed by atoms with Crippen LogP contribution in [0.1, 0.15) is 37.7 Å². The Hall–Kier alpha value is -1.84. The minimum atomic E-state index is -0.0114. The first-order valence-electron chi connectivity index (χ1n) is 8.12. The second kappa shape index (κ2) is 6.51. The number of carbonyl (C=O) groups is 2. The molecule has 0 radical (unpaired) electrons. The molecule has 0 aliphatic heterocycles. The van der Waals surface area contributed by atoms with E-state index in [9.17, 15) is 9.59 Å². The minimum Gasteiger partial charge on any atom is -0.496 e. The summed E-state index contributed by atoms with van der Waals surface area (Å²) in [6.45, 7) is 0.475. The Morgan fingerprint density at radius 1 is 1.23 bits per heavy atom. The molecule has 0 aromatic heterocycles. The molecule has 118 valence electrons. The SMILES string of the molecule is COc1ccccc1CNC(=O)C1C[C@H]2CCC[C@@H](C1)C2=O. The van der Waals surface area contributed by atoms with Gasteiger partial charge >= 0.3 is 0 Å². The van der Waals surface area contributed by atoms with E-state index in [-0.39, 0.29) is 23.7 Å². The van der Waals surface area contributed by atoms with E-state index in [0.717, 1.165) is 43.4 Å². The van der Waals surface area contributed by atoms with Crippen LogP contribution >= 0.6 is 0 Å². The third-order valence-corrected chi connectivity index (χ3v) is 5.06. The Morgan fingerprint density at radius 2 is 1.91 bits per heavy atom.